The van der Waals surface area contributed by atoms with Crippen LogP contribution in [-0.2, 0) is 0 Å². The quantitative estimate of drug-likeness (QED) is 0.537. The summed E-state index contributed by atoms with van der Waals surface area (Å²) >= 11 is -0.0984. The van der Waals surface area contributed by atoms with Gasteiger partial charge in [0.1, 0.15) is 0 Å². The van der Waals surface area contributed by atoms with Crippen LogP contribution in [0, 0.1) is 0 Å². The molecule has 1 nitrogen and oxygen atoms in total. The Morgan fingerprint density at radius 2 is 2.14 bits per heavy atom. The van der Waals surface area contributed by atoms with Crippen LogP contribution in [0.25, 0.3) is 0 Å². The first kappa shape index (κ1) is 7.73. The van der Waals surface area contributed by atoms with Crippen molar-refractivity contribution in [3.63, 3.8) is 0 Å². The fourth-order valence-electron chi connectivity index (χ4n) is 0.537. The van der Waals surface area contributed by atoms with Gasteiger partial charge in [-0.25, -0.2) is 0 Å². The van der Waals surface area contributed by atoms with E-state index in [-0.39, 0.29) is 24.6 Å². The van der Waals surface area contributed by atoms with Crippen molar-refractivity contribution in [3.8, 4) is 0 Å². The van der Waals surface area contributed by atoms with Crippen LogP contribution >= 0.6 is 0 Å². The molecular weight excluding hydrogens is 100 g/mol. The molecule has 0 aromatic carbocycles. The SMILES string of the molecule is C[CH2][Mg][CH](O)CC. The Bertz CT molecular complexity index is 39.1. The molecule has 0 aromatic rings. The molecule has 40 valence electrons. The average Bonchev–Trinajstić information content (AvgIpc) is 1.68. The van der Waals surface area contributed by atoms with Crippen LogP contribution in [0.15, 0.2) is 0 Å². The highest BCUT2D eigenvalue weighted by Crippen LogP contribution is 1.88. The zero-order valence-corrected chi connectivity index (χ0v) is 6.56. The van der Waals surface area contributed by atoms with Gasteiger partial charge in [0.25, 0.3) is 0 Å². The van der Waals surface area contributed by atoms with E-state index in [9.17, 15) is 0 Å². The molecule has 0 aliphatic carbocycles. The predicted octanol–water partition coefficient (Wildman–Crippen LogP) is 0.857. The molecule has 1 atom stereocenters. The molecular formula is C5H12MgO. The standard InChI is InChI=1S/C3H7O.C2H5.Mg/c1-2-3-4;1-2;/h3-4H,2H2,1H3;1H2,2H3;. The molecule has 0 radical (unpaired) electrons. The highest BCUT2D eigenvalue weighted by Gasteiger charge is 2.01. The van der Waals surface area contributed by atoms with E-state index in [1.165, 1.54) is 4.55 Å². The second-order valence-electron chi connectivity index (χ2n) is 1.85. The molecule has 0 heterocycles. The predicted molar refractivity (Wildman–Crippen MR) is 32.5 cm³/mol. The van der Waals surface area contributed by atoms with Gasteiger partial charge < -0.3 is 5.11 Å². The van der Waals surface area contributed by atoms with Crippen LogP contribution in [-0.4, -0.2) is 29.7 Å². The molecule has 2 heteroatoms. The van der Waals surface area contributed by atoms with Gasteiger partial charge in [-0.3, -0.25) is 0 Å². The Morgan fingerprint density at radius 3 is 2.29 bits per heavy atom. The van der Waals surface area contributed by atoms with Crippen molar-refractivity contribution in [2.24, 2.45) is 0 Å². The summed E-state index contributed by atoms with van der Waals surface area (Å²) in [6.07, 6.45) is 0.958. The van der Waals surface area contributed by atoms with E-state index in [0.29, 0.717) is 0 Å². The minimum atomic E-state index is -0.0984. The number of aliphatic hydroxyl groups is 1. The molecule has 0 rings (SSSR count). The summed E-state index contributed by atoms with van der Waals surface area (Å²) in [7, 11) is 0. The lowest BCUT2D eigenvalue weighted by Gasteiger charge is -1.99. The van der Waals surface area contributed by atoms with Crippen molar-refractivity contribution in [1.29, 1.82) is 0 Å². The van der Waals surface area contributed by atoms with Crippen LogP contribution in [0.1, 0.15) is 20.3 Å². The Morgan fingerprint density at radius 1 is 1.57 bits per heavy atom. The average molecular weight is 112 g/mol. The Hall–Kier alpha value is 0.726. The molecule has 0 aliphatic rings. The minimum absolute atomic E-state index is 0.0880. The van der Waals surface area contributed by atoms with Gasteiger partial charge in [-0.05, 0) is 4.23 Å². The molecule has 0 spiro atoms. The van der Waals surface area contributed by atoms with Crippen molar-refractivity contribution >= 4 is 20.4 Å². The van der Waals surface area contributed by atoms with Crippen LogP contribution in [0.3, 0.4) is 0 Å². The van der Waals surface area contributed by atoms with Gasteiger partial charge in [0, 0.05) is 0 Å². The van der Waals surface area contributed by atoms with Crippen LogP contribution in [0.5, 0.6) is 0 Å². The van der Waals surface area contributed by atoms with Crippen molar-refractivity contribution in [3.05, 3.63) is 0 Å². The maximum Gasteiger partial charge on any atom is 0.408 e. The van der Waals surface area contributed by atoms with Crippen molar-refractivity contribution < 1.29 is 5.11 Å². The highest BCUT2D eigenvalue weighted by molar-refractivity contribution is 6.36. The van der Waals surface area contributed by atoms with Gasteiger partial charge >= 0.3 is 20.4 Å². The van der Waals surface area contributed by atoms with Crippen LogP contribution in [0.4, 0.5) is 0 Å². The fraction of sp³-hybridized carbons (Fsp3) is 1.00. The lowest BCUT2D eigenvalue weighted by Crippen LogP contribution is -2.12. The minimum Gasteiger partial charge on any atom is -0.421 e. The van der Waals surface area contributed by atoms with E-state index in [1.807, 2.05) is 6.92 Å². The maximum absolute atomic E-state index is 8.92. The summed E-state index contributed by atoms with van der Waals surface area (Å²) in [5.74, 6) is 0. The van der Waals surface area contributed by atoms with Gasteiger partial charge in [-0.15, -0.1) is 4.55 Å². The Balaban J connectivity index is 2.83. The van der Waals surface area contributed by atoms with Crippen molar-refractivity contribution in [2.75, 3.05) is 0 Å². The fourth-order valence-corrected chi connectivity index (χ4v) is 1.61. The lowest BCUT2D eigenvalue weighted by atomic mass is 10.5. The van der Waals surface area contributed by atoms with E-state index < -0.39 is 0 Å². The van der Waals surface area contributed by atoms with Crippen molar-refractivity contribution in [2.45, 2.75) is 29.1 Å². The summed E-state index contributed by atoms with van der Waals surface area (Å²) in [6, 6.07) is 0. The maximum atomic E-state index is 8.92. The summed E-state index contributed by atoms with van der Waals surface area (Å²) in [5, 5.41) is 8.92. The van der Waals surface area contributed by atoms with Crippen LogP contribution in [0.2, 0.25) is 4.55 Å². The third-order valence-corrected chi connectivity index (χ3v) is 2.91. The molecule has 1 N–H and O–H groups in total. The molecule has 7 heavy (non-hydrogen) atoms. The summed E-state index contributed by atoms with van der Waals surface area (Å²) in [6.45, 7) is 4.18. The molecule has 0 aromatic heterocycles. The normalized spacial score (nSPS) is 13.0. The van der Waals surface area contributed by atoms with E-state index >= 15 is 0 Å². The summed E-state index contributed by atoms with van der Waals surface area (Å²) in [5.41, 5.74) is 0. The second-order valence-corrected chi connectivity index (χ2v) is 4.37. The largest absolute Gasteiger partial charge is 0.421 e. The van der Waals surface area contributed by atoms with Gasteiger partial charge in [0.2, 0.25) is 0 Å². The molecule has 1 unspecified atom stereocenters. The van der Waals surface area contributed by atoms with Crippen molar-refractivity contribution in [1.82, 2.24) is 0 Å². The number of hydrogen-bond donors (Lipinski definition) is 1. The third-order valence-electron chi connectivity index (χ3n) is 1.09. The molecule has 0 saturated heterocycles. The third kappa shape index (κ3) is 4.58. The lowest BCUT2D eigenvalue weighted by molar-refractivity contribution is 0.247. The van der Waals surface area contributed by atoms with E-state index in [0.717, 1.165) is 6.42 Å². The molecule has 0 saturated carbocycles. The first-order valence-electron chi connectivity index (χ1n) is 2.99. The topological polar surface area (TPSA) is 20.2 Å². The van der Waals surface area contributed by atoms with Gasteiger partial charge in [-0.1, -0.05) is 20.3 Å². The number of rotatable bonds is 3. The van der Waals surface area contributed by atoms with E-state index in [4.69, 9.17) is 5.11 Å². The van der Waals surface area contributed by atoms with Gasteiger partial charge in [-0.2, -0.15) is 0 Å². The van der Waals surface area contributed by atoms with E-state index in [2.05, 4.69) is 6.92 Å². The van der Waals surface area contributed by atoms with E-state index in [1.54, 1.807) is 0 Å². The molecule has 0 bridgehead atoms. The Labute approximate surface area is 54.8 Å². The summed E-state index contributed by atoms with van der Waals surface area (Å²) < 4.78 is 1.32. The monoisotopic (exact) mass is 112 g/mol. The smallest absolute Gasteiger partial charge is 0.408 e. The first-order chi connectivity index (χ1) is 3.31. The number of hydrogen-bond acceptors (Lipinski definition) is 1. The molecule has 0 fully saturated rings. The van der Waals surface area contributed by atoms with Gasteiger partial charge in [0.05, 0.1) is 0 Å². The Kier molecular flexibility index (Phi) is 5.38. The first-order valence-corrected chi connectivity index (χ1v) is 4.81. The zero-order chi connectivity index (χ0) is 5.70. The number of aliphatic hydroxyl groups excluding tert-OH is 1. The molecule has 0 aliphatic heterocycles. The zero-order valence-electron chi connectivity index (χ0n) is 5.15. The highest BCUT2D eigenvalue weighted by atomic mass is 24.5. The summed E-state index contributed by atoms with van der Waals surface area (Å²) in [4.78, 5) is 0. The van der Waals surface area contributed by atoms with Gasteiger partial charge in [0.15, 0.2) is 0 Å². The second kappa shape index (κ2) is 4.87. The molecule has 0 amide bonds. The van der Waals surface area contributed by atoms with Crippen LogP contribution < -0.4 is 0 Å².